The normalized spacial score (nSPS) is 12.0. The van der Waals surface area contributed by atoms with Crippen molar-refractivity contribution in [3.05, 3.63) is 101 Å². The van der Waals surface area contributed by atoms with Crippen molar-refractivity contribution in [1.29, 1.82) is 0 Å². The Kier molecular flexibility index (Phi) is 10.9. The first-order valence-corrected chi connectivity index (χ1v) is 14.9. The van der Waals surface area contributed by atoms with E-state index in [4.69, 9.17) is 11.6 Å². The van der Waals surface area contributed by atoms with Crippen LogP contribution in [0.2, 0.25) is 5.02 Å². The van der Waals surface area contributed by atoms with Gasteiger partial charge in [-0.1, -0.05) is 60.1 Å². The molecule has 0 radical (unpaired) electrons. The summed E-state index contributed by atoms with van der Waals surface area (Å²) < 4.78 is 39.4. The molecule has 0 saturated heterocycles. The fourth-order valence-corrected chi connectivity index (χ4v) is 5.43. The maximum Gasteiger partial charge on any atom is 0.243 e. The van der Waals surface area contributed by atoms with Crippen LogP contribution in [0, 0.1) is 5.82 Å². The molecule has 3 rings (SSSR count). The molecule has 0 fully saturated rings. The Labute approximate surface area is 234 Å². The number of likely N-dealkylation sites (N-methyl/N-ethyl adjacent to an activating group) is 1. The average Bonchev–Trinajstić information content (AvgIpc) is 2.90. The number of sulfonamides is 1. The lowest BCUT2D eigenvalue weighted by atomic mass is 10.0. The first kappa shape index (κ1) is 30.1. The van der Waals surface area contributed by atoms with Gasteiger partial charge in [-0.2, -0.15) is 0 Å². The molecule has 0 bridgehead atoms. The summed E-state index contributed by atoms with van der Waals surface area (Å²) in [5.74, 6) is -1.08. The molecule has 0 aromatic heterocycles. The van der Waals surface area contributed by atoms with E-state index in [1.54, 1.807) is 18.2 Å². The highest BCUT2D eigenvalue weighted by atomic mass is 35.5. The van der Waals surface area contributed by atoms with E-state index < -0.39 is 21.9 Å². The Morgan fingerprint density at radius 2 is 1.62 bits per heavy atom. The minimum Gasteiger partial charge on any atom is -0.355 e. The summed E-state index contributed by atoms with van der Waals surface area (Å²) in [5, 5.41) is 3.31. The molecular formula is C29H33ClFN3O4S. The number of nitrogens with one attached hydrogen (secondary N) is 1. The van der Waals surface area contributed by atoms with E-state index >= 15 is 0 Å². The van der Waals surface area contributed by atoms with Gasteiger partial charge in [0.25, 0.3) is 0 Å². The van der Waals surface area contributed by atoms with E-state index in [0.29, 0.717) is 29.2 Å². The van der Waals surface area contributed by atoms with Gasteiger partial charge >= 0.3 is 0 Å². The van der Waals surface area contributed by atoms with E-state index in [2.05, 4.69) is 5.32 Å². The minimum absolute atomic E-state index is 0.0115. The summed E-state index contributed by atoms with van der Waals surface area (Å²) in [5.41, 5.74) is 1.90. The van der Waals surface area contributed by atoms with Crippen molar-refractivity contribution < 1.29 is 22.4 Å². The largest absolute Gasteiger partial charge is 0.355 e. The lowest BCUT2D eigenvalue weighted by molar-refractivity contribution is -0.141. The molecule has 3 aromatic carbocycles. The Bertz CT molecular complexity index is 1350. The number of carbonyl (C=O) groups is 2. The van der Waals surface area contributed by atoms with Crippen LogP contribution in [-0.2, 0) is 32.6 Å². The van der Waals surface area contributed by atoms with Crippen molar-refractivity contribution in [2.75, 3.05) is 23.7 Å². The first-order chi connectivity index (χ1) is 18.6. The lowest BCUT2D eigenvalue weighted by Crippen LogP contribution is -2.50. The molecule has 0 aliphatic carbocycles. The number of hydrogen-bond acceptors (Lipinski definition) is 4. The first-order valence-electron chi connectivity index (χ1n) is 12.7. The van der Waals surface area contributed by atoms with Gasteiger partial charge < -0.3 is 10.2 Å². The number of carbonyl (C=O) groups excluding carboxylic acids is 2. The zero-order valence-corrected chi connectivity index (χ0v) is 23.6. The van der Waals surface area contributed by atoms with Crippen LogP contribution >= 0.6 is 11.6 Å². The van der Waals surface area contributed by atoms with E-state index in [9.17, 15) is 22.4 Å². The number of anilines is 1. The molecule has 0 spiro atoms. The van der Waals surface area contributed by atoms with Crippen molar-refractivity contribution in [3.63, 3.8) is 0 Å². The second kappa shape index (κ2) is 14.1. The van der Waals surface area contributed by atoms with E-state index in [-0.39, 0.29) is 37.7 Å². The zero-order chi connectivity index (χ0) is 28.4. The quantitative estimate of drug-likeness (QED) is 0.318. The van der Waals surface area contributed by atoms with Crippen molar-refractivity contribution in [1.82, 2.24) is 10.2 Å². The van der Waals surface area contributed by atoms with Gasteiger partial charge in [0.05, 0.1) is 11.9 Å². The molecule has 1 atom stereocenters. The SMILES string of the molecule is CCNC(=O)[C@H](Cc1ccccc1)N(Cc1ccccc1Cl)C(=O)CCCN(c1ccc(F)cc1)S(C)(=O)=O. The van der Waals surface area contributed by atoms with Gasteiger partial charge in [-0.15, -0.1) is 0 Å². The smallest absolute Gasteiger partial charge is 0.243 e. The van der Waals surface area contributed by atoms with Crippen LogP contribution in [0.25, 0.3) is 0 Å². The monoisotopic (exact) mass is 573 g/mol. The second-order valence-electron chi connectivity index (χ2n) is 9.13. The van der Waals surface area contributed by atoms with Gasteiger partial charge in [-0.25, -0.2) is 12.8 Å². The van der Waals surface area contributed by atoms with Crippen molar-refractivity contribution >= 4 is 39.1 Å². The van der Waals surface area contributed by atoms with E-state index in [1.165, 1.54) is 29.2 Å². The van der Waals surface area contributed by atoms with Crippen LogP contribution in [0.5, 0.6) is 0 Å². The number of rotatable bonds is 13. The van der Waals surface area contributed by atoms with E-state index in [1.807, 2.05) is 43.3 Å². The molecule has 0 aliphatic heterocycles. The van der Waals surface area contributed by atoms with Crippen LogP contribution in [0.15, 0.2) is 78.9 Å². The second-order valence-corrected chi connectivity index (χ2v) is 11.4. The Morgan fingerprint density at radius 3 is 2.23 bits per heavy atom. The lowest BCUT2D eigenvalue weighted by Gasteiger charge is -2.32. The minimum atomic E-state index is -3.68. The van der Waals surface area contributed by atoms with Gasteiger partial charge in [0.15, 0.2) is 0 Å². The van der Waals surface area contributed by atoms with Crippen LogP contribution < -0.4 is 9.62 Å². The van der Waals surface area contributed by atoms with Gasteiger partial charge in [-0.05, 0) is 54.8 Å². The number of benzene rings is 3. The predicted molar refractivity (Wildman–Crippen MR) is 152 cm³/mol. The summed E-state index contributed by atoms with van der Waals surface area (Å²) >= 11 is 6.42. The van der Waals surface area contributed by atoms with Gasteiger partial charge in [0, 0.05) is 37.5 Å². The number of nitrogens with zero attached hydrogens (tertiary/aromatic N) is 2. The summed E-state index contributed by atoms with van der Waals surface area (Å²) in [6.07, 6.45) is 1.54. The van der Waals surface area contributed by atoms with Crippen LogP contribution in [0.4, 0.5) is 10.1 Å². The zero-order valence-electron chi connectivity index (χ0n) is 22.0. The van der Waals surface area contributed by atoms with Crippen LogP contribution in [-0.4, -0.2) is 50.5 Å². The highest BCUT2D eigenvalue weighted by Gasteiger charge is 2.30. The van der Waals surface area contributed by atoms with Crippen LogP contribution in [0.1, 0.15) is 30.9 Å². The average molecular weight is 574 g/mol. The summed E-state index contributed by atoms with van der Waals surface area (Å²) in [4.78, 5) is 28.5. The topological polar surface area (TPSA) is 86.8 Å². The van der Waals surface area contributed by atoms with Crippen molar-refractivity contribution in [3.8, 4) is 0 Å². The predicted octanol–water partition coefficient (Wildman–Crippen LogP) is 4.80. The molecule has 7 nitrogen and oxygen atoms in total. The fraction of sp³-hybridized carbons (Fsp3) is 0.310. The molecule has 39 heavy (non-hydrogen) atoms. The third-order valence-corrected chi connectivity index (χ3v) is 7.75. The van der Waals surface area contributed by atoms with E-state index in [0.717, 1.165) is 16.1 Å². The Balaban J connectivity index is 1.86. The third-order valence-electron chi connectivity index (χ3n) is 6.19. The number of hydrogen-bond donors (Lipinski definition) is 1. The molecule has 3 aromatic rings. The van der Waals surface area contributed by atoms with Gasteiger partial charge in [0.2, 0.25) is 21.8 Å². The maximum atomic E-state index is 13.7. The summed E-state index contributed by atoms with van der Waals surface area (Å²) in [6, 6.07) is 20.9. The fourth-order valence-electron chi connectivity index (χ4n) is 4.27. The maximum absolute atomic E-state index is 13.7. The highest BCUT2D eigenvalue weighted by Crippen LogP contribution is 2.23. The summed E-state index contributed by atoms with van der Waals surface area (Å²) in [6.45, 7) is 2.34. The molecule has 0 heterocycles. The molecule has 0 saturated carbocycles. The molecule has 0 aliphatic rings. The van der Waals surface area contributed by atoms with Gasteiger partial charge in [-0.3, -0.25) is 13.9 Å². The van der Waals surface area contributed by atoms with Crippen molar-refractivity contribution in [2.24, 2.45) is 0 Å². The molecule has 2 amide bonds. The summed E-state index contributed by atoms with van der Waals surface area (Å²) in [7, 11) is -3.68. The molecular weight excluding hydrogens is 541 g/mol. The molecule has 1 N–H and O–H groups in total. The Morgan fingerprint density at radius 1 is 0.974 bits per heavy atom. The molecule has 10 heteroatoms. The standard InChI is InChI=1S/C29H33ClFN3O4S/c1-3-32-29(36)27(20-22-10-5-4-6-11-22)33(21-23-12-7-8-13-26(23)30)28(35)14-9-19-34(39(2,37)38)25-17-15-24(31)16-18-25/h4-8,10-13,15-18,27H,3,9,14,19-21H2,1-2H3,(H,32,36)/t27-/m0/s1. The third kappa shape index (κ3) is 8.80. The Hall–Kier alpha value is -3.43. The number of amides is 2. The highest BCUT2D eigenvalue weighted by molar-refractivity contribution is 7.92. The molecule has 208 valence electrons. The van der Waals surface area contributed by atoms with Crippen LogP contribution in [0.3, 0.4) is 0 Å². The molecule has 0 unspecified atom stereocenters. The van der Waals surface area contributed by atoms with Crippen molar-refractivity contribution in [2.45, 2.75) is 38.8 Å². The van der Waals surface area contributed by atoms with Gasteiger partial charge in [0.1, 0.15) is 11.9 Å². The number of halogens is 2.